The summed E-state index contributed by atoms with van der Waals surface area (Å²) in [5.41, 5.74) is 4.26. The van der Waals surface area contributed by atoms with Gasteiger partial charge >= 0.3 is 23.5 Å². The maximum absolute atomic E-state index is 12.8. The van der Waals surface area contributed by atoms with Crippen molar-refractivity contribution in [2.75, 3.05) is 37.8 Å². The number of phosphoric ester groups is 3. The number of amides is 2. The molecule has 3 heterocycles. The smallest absolute Gasteiger partial charge is 0.386 e. The number of carbonyl (C=O) groups excluding carboxylic acids is 3. The van der Waals surface area contributed by atoms with Gasteiger partial charge in [-0.3, -0.25) is 32.5 Å². The number of carbonyl (C=O) groups is 3. The second-order valence-electron chi connectivity index (χ2n) is 17.8. The van der Waals surface area contributed by atoms with Crippen molar-refractivity contribution < 1.29 is 85.6 Å². The number of ether oxygens (including phenoxy) is 1. The number of anilines is 1. The molecule has 2 aromatic heterocycles. The number of aliphatic hydroxyl groups is 3. The number of thioether (sulfide) groups is 1. The lowest BCUT2D eigenvalue weighted by Crippen LogP contribution is -2.46. The van der Waals surface area contributed by atoms with Gasteiger partial charge in [-0.15, -0.1) is 0 Å². The van der Waals surface area contributed by atoms with E-state index in [2.05, 4.69) is 41.3 Å². The topological polar surface area (TPSA) is 384 Å². The molecule has 0 aliphatic carbocycles. The van der Waals surface area contributed by atoms with Crippen LogP contribution in [-0.2, 0) is 50.7 Å². The van der Waals surface area contributed by atoms with Gasteiger partial charge in [0.25, 0.3) is 0 Å². The molecule has 1 fully saturated rings. The number of aromatic nitrogens is 4. The van der Waals surface area contributed by atoms with E-state index in [1.54, 1.807) is 0 Å². The van der Waals surface area contributed by atoms with Gasteiger partial charge in [0.05, 0.1) is 19.5 Å². The maximum atomic E-state index is 12.8. The van der Waals surface area contributed by atoms with Gasteiger partial charge in [0.1, 0.15) is 42.4 Å². The summed E-state index contributed by atoms with van der Waals surface area (Å²) < 4.78 is 62.4. The third-order valence-electron chi connectivity index (χ3n) is 11.3. The minimum absolute atomic E-state index is 0.0281. The van der Waals surface area contributed by atoms with Gasteiger partial charge in [-0.25, -0.2) is 28.6 Å². The molecule has 0 radical (unpaired) electrons. The monoisotopic (exact) mass is 1080 g/mol. The molecule has 402 valence electrons. The number of hydrogen-bond acceptors (Lipinski definition) is 19. The van der Waals surface area contributed by atoms with Crippen LogP contribution in [0.4, 0.5) is 5.82 Å². The van der Waals surface area contributed by atoms with Crippen molar-refractivity contribution in [1.82, 2.24) is 30.2 Å². The normalized spacial score (nSPS) is 20.2. The van der Waals surface area contributed by atoms with Gasteiger partial charge in [0.2, 0.25) is 16.9 Å². The number of unbranched alkanes of at least 4 members (excludes halogenated alkanes) is 15. The molecule has 11 N–H and O–H groups in total. The number of fused-ring (bicyclic) bond motifs is 1. The zero-order valence-electron chi connectivity index (χ0n) is 40.1. The minimum atomic E-state index is -5.59. The molecule has 0 spiro atoms. The zero-order chi connectivity index (χ0) is 52.0. The third kappa shape index (κ3) is 22.7. The van der Waals surface area contributed by atoms with Crippen molar-refractivity contribution in [1.29, 1.82) is 0 Å². The molecule has 0 bridgehead atoms. The summed E-state index contributed by atoms with van der Waals surface area (Å²) in [7, 11) is -16.4. The van der Waals surface area contributed by atoms with E-state index in [1.165, 1.54) is 90.9 Å². The Morgan fingerprint density at radius 2 is 1.41 bits per heavy atom. The van der Waals surface area contributed by atoms with E-state index in [9.17, 15) is 63.0 Å². The van der Waals surface area contributed by atoms with Crippen molar-refractivity contribution in [3.05, 3.63) is 12.7 Å². The van der Waals surface area contributed by atoms with Gasteiger partial charge in [-0.05, 0) is 6.42 Å². The molecule has 70 heavy (non-hydrogen) atoms. The lowest BCUT2D eigenvalue weighted by molar-refractivity contribution is -0.137. The van der Waals surface area contributed by atoms with E-state index in [0.717, 1.165) is 54.7 Å². The Hall–Kier alpha value is -2.48. The van der Waals surface area contributed by atoms with Crippen LogP contribution in [0.5, 0.6) is 0 Å². The second-order valence-corrected chi connectivity index (χ2v) is 23.2. The number of nitrogens with two attached hydrogens (primary N) is 1. The van der Waals surface area contributed by atoms with Gasteiger partial charge < -0.3 is 56.0 Å². The maximum Gasteiger partial charge on any atom is 0.481 e. The van der Waals surface area contributed by atoms with Crippen molar-refractivity contribution in [3.8, 4) is 0 Å². The summed E-state index contributed by atoms with van der Waals surface area (Å²) in [6, 6.07) is 0. The summed E-state index contributed by atoms with van der Waals surface area (Å²) in [5.74, 6) is -1.28. The van der Waals surface area contributed by atoms with Crippen LogP contribution in [0.3, 0.4) is 0 Å². The average molecular weight is 1080 g/mol. The predicted molar refractivity (Wildman–Crippen MR) is 257 cm³/mol. The van der Waals surface area contributed by atoms with Crippen LogP contribution in [0, 0.1) is 5.41 Å². The van der Waals surface area contributed by atoms with Crippen molar-refractivity contribution in [3.63, 3.8) is 0 Å². The van der Waals surface area contributed by atoms with Crippen molar-refractivity contribution in [2.24, 2.45) is 5.41 Å². The number of phosphoric acid groups is 3. The molecular weight excluding hydrogens is 1000 g/mol. The molecule has 3 unspecified atom stereocenters. The molecule has 2 amide bonds. The summed E-state index contributed by atoms with van der Waals surface area (Å²) in [5, 5.41) is 36.4. The summed E-state index contributed by atoms with van der Waals surface area (Å²) in [6.07, 6.45) is 12.0. The second kappa shape index (κ2) is 30.7. The molecule has 3 rings (SSSR count). The molecule has 2 aromatic rings. The van der Waals surface area contributed by atoms with Crippen LogP contribution in [0.15, 0.2) is 12.7 Å². The number of nitrogens with one attached hydrogen (secondary N) is 2. The van der Waals surface area contributed by atoms with Crippen molar-refractivity contribution in [2.45, 2.75) is 173 Å². The lowest BCUT2D eigenvalue weighted by Gasteiger charge is -2.30. The Labute approximate surface area is 412 Å². The molecule has 8 atom stereocenters. The quantitative estimate of drug-likeness (QED) is 0.0324. The fraction of sp³-hybridized carbons (Fsp3) is 0.805. The van der Waals surface area contributed by atoms with Crippen LogP contribution in [0.25, 0.3) is 11.2 Å². The van der Waals surface area contributed by atoms with Gasteiger partial charge in [-0.1, -0.05) is 135 Å². The Kier molecular flexibility index (Phi) is 27.1. The van der Waals surface area contributed by atoms with Gasteiger partial charge in [0, 0.05) is 30.7 Å². The lowest BCUT2D eigenvalue weighted by atomic mass is 9.87. The summed E-state index contributed by atoms with van der Waals surface area (Å²) >= 11 is 0.917. The first-order chi connectivity index (χ1) is 33.0. The third-order valence-corrected chi connectivity index (χ3v) is 15.4. The number of aliphatic hydroxyl groups excluding tert-OH is 3. The zero-order valence-corrected chi connectivity index (χ0v) is 43.6. The van der Waals surface area contributed by atoms with E-state index in [1.807, 2.05) is 0 Å². The fourth-order valence-corrected chi connectivity index (χ4v) is 10.9. The molecule has 0 saturated carbocycles. The number of hydrogen-bond donors (Lipinski definition) is 10. The molecule has 1 aliphatic rings. The average Bonchev–Trinajstić information content (AvgIpc) is 3.85. The number of nitrogens with zero attached hydrogens (tertiary/aromatic N) is 4. The molecular formula is C41H74N7O18P3S. The molecule has 1 aliphatic heterocycles. The van der Waals surface area contributed by atoms with Crippen LogP contribution >= 0.6 is 35.2 Å². The highest BCUT2D eigenvalue weighted by Crippen LogP contribution is 2.61. The highest BCUT2D eigenvalue weighted by Gasteiger charge is 2.50. The Balaban J connectivity index is 1.28. The molecule has 29 heteroatoms. The van der Waals surface area contributed by atoms with Gasteiger partial charge in [-0.2, -0.15) is 4.31 Å². The first-order valence-electron chi connectivity index (χ1n) is 23.7. The van der Waals surface area contributed by atoms with Crippen LogP contribution in [-0.4, -0.2) is 134 Å². The van der Waals surface area contributed by atoms with Crippen LogP contribution in [0.1, 0.15) is 143 Å². The highest BCUT2D eigenvalue weighted by atomic mass is 32.2. The Bertz CT molecular complexity index is 2070. The largest absolute Gasteiger partial charge is 0.481 e. The predicted octanol–water partition coefficient (Wildman–Crippen LogP) is 4.68. The molecule has 25 nitrogen and oxygen atoms in total. The SMILES string of the molecule is CCCCCCCCCCCCCCCCCCC(O)C(=O)SCCNC(=O)CCNC(=O)[C@H](O)C(C)(C)COP(=O)(O)OP(=O)(O)OC[C@H]1O[C@@H](n2cnc3c(N)ncnc32)[C@H](O)[C@@H]1OP(=O)(O)O. The van der Waals surface area contributed by atoms with E-state index in [0.29, 0.717) is 6.42 Å². The standard InChI is InChI=1S/C41H74N7O18P3S/c1-4-5-6-7-8-9-10-11-12-13-14-15-16-17-18-19-20-29(49)40(54)70-24-23-43-31(50)21-22-44-38(53)35(52)41(2,3)26-63-69(60,61)66-68(58,59)62-25-30-34(65-67(55,56)57)33(51)39(64-30)48-28-47-32-36(42)45-27-46-37(32)48/h27-30,33-35,39,49,51-52H,4-26H2,1-3H3,(H,43,50)(H,44,53)(H,58,59)(H,60,61)(H2,42,45,46)(H2,55,56,57)/t29?,30-,33-,34-,35+,39-/m1/s1. The summed E-state index contributed by atoms with van der Waals surface area (Å²) in [4.78, 5) is 88.5. The fourth-order valence-electron chi connectivity index (χ4n) is 7.38. The van der Waals surface area contributed by atoms with Crippen molar-refractivity contribution >= 4 is 69.1 Å². The Morgan fingerprint density at radius 3 is 2.00 bits per heavy atom. The Morgan fingerprint density at radius 1 is 0.843 bits per heavy atom. The minimum Gasteiger partial charge on any atom is -0.386 e. The molecule has 0 aromatic carbocycles. The van der Waals surface area contributed by atoms with Crippen LogP contribution < -0.4 is 16.4 Å². The van der Waals surface area contributed by atoms with Gasteiger partial charge in [0.15, 0.2) is 17.7 Å². The van der Waals surface area contributed by atoms with E-state index in [4.69, 9.17) is 19.5 Å². The number of nitrogen functional groups attached to an aromatic ring is 1. The molecule has 1 saturated heterocycles. The van der Waals surface area contributed by atoms with E-state index < -0.39 is 90.7 Å². The number of rotatable bonds is 37. The number of imidazole rings is 1. The first-order valence-corrected chi connectivity index (χ1v) is 29.2. The first kappa shape index (κ1) is 61.8. The van der Waals surface area contributed by atoms with E-state index in [-0.39, 0.29) is 47.4 Å². The van der Waals surface area contributed by atoms with Crippen LogP contribution in [0.2, 0.25) is 0 Å². The summed E-state index contributed by atoms with van der Waals surface area (Å²) in [6.45, 7) is 2.60. The highest BCUT2D eigenvalue weighted by molar-refractivity contribution is 8.13. The van der Waals surface area contributed by atoms with E-state index >= 15 is 0 Å².